The van der Waals surface area contributed by atoms with Crippen molar-refractivity contribution < 1.29 is 14.6 Å². The Labute approximate surface area is 117 Å². The Kier molecular flexibility index (Phi) is 3.79. The molecule has 0 spiro atoms. The van der Waals surface area contributed by atoms with Gasteiger partial charge in [-0.2, -0.15) is 5.10 Å². The van der Waals surface area contributed by atoms with Crippen LogP contribution in [-0.2, 0) is 10.3 Å². The summed E-state index contributed by atoms with van der Waals surface area (Å²) >= 11 is 0. The first-order chi connectivity index (χ1) is 9.45. The minimum atomic E-state index is -1.07. The van der Waals surface area contributed by atoms with Gasteiger partial charge in [0.15, 0.2) is 5.54 Å². The monoisotopic (exact) mass is 274 g/mol. The molecule has 0 radical (unpaired) electrons. The summed E-state index contributed by atoms with van der Waals surface area (Å²) in [6.45, 7) is 5.76. The van der Waals surface area contributed by atoms with Crippen LogP contribution in [0.2, 0.25) is 0 Å². The second-order valence-electron chi connectivity index (χ2n) is 5.00. The number of benzene rings is 1. The third-order valence-corrected chi connectivity index (χ3v) is 3.16. The van der Waals surface area contributed by atoms with Crippen molar-refractivity contribution in [3.8, 4) is 16.9 Å². The maximum atomic E-state index is 11.2. The van der Waals surface area contributed by atoms with E-state index in [0.29, 0.717) is 6.61 Å². The molecule has 5 heteroatoms. The van der Waals surface area contributed by atoms with Gasteiger partial charge in [-0.25, -0.2) is 4.79 Å². The third kappa shape index (κ3) is 2.66. The molecule has 2 aromatic rings. The Bertz CT molecular complexity index is 617. The van der Waals surface area contributed by atoms with Crippen molar-refractivity contribution in [2.75, 3.05) is 6.61 Å². The summed E-state index contributed by atoms with van der Waals surface area (Å²) in [6.07, 6.45) is 3.40. The van der Waals surface area contributed by atoms with E-state index in [0.717, 1.165) is 16.9 Å². The lowest BCUT2D eigenvalue weighted by atomic mass is 10.1. The molecule has 0 atom stereocenters. The molecule has 0 bridgehead atoms. The molecule has 1 heterocycles. The van der Waals surface area contributed by atoms with Crippen molar-refractivity contribution in [2.45, 2.75) is 26.3 Å². The number of aliphatic carboxylic acids is 1. The summed E-state index contributed by atoms with van der Waals surface area (Å²) in [7, 11) is 0. The highest BCUT2D eigenvalue weighted by atomic mass is 16.5. The summed E-state index contributed by atoms with van der Waals surface area (Å²) in [5, 5.41) is 13.4. The van der Waals surface area contributed by atoms with Gasteiger partial charge < -0.3 is 9.84 Å². The van der Waals surface area contributed by atoms with E-state index in [1.54, 1.807) is 26.2 Å². The van der Waals surface area contributed by atoms with Gasteiger partial charge in [-0.15, -0.1) is 0 Å². The van der Waals surface area contributed by atoms with Gasteiger partial charge in [0.25, 0.3) is 0 Å². The standard InChI is InChI=1S/C15H18N2O3/c1-4-20-13-7-5-6-11(8-13)12-9-16-17(10-12)15(2,3)14(18)19/h5-10H,4H2,1-3H3,(H,18,19). The van der Waals surface area contributed by atoms with Gasteiger partial charge in [-0.3, -0.25) is 4.68 Å². The van der Waals surface area contributed by atoms with Crippen molar-refractivity contribution in [3.05, 3.63) is 36.7 Å². The van der Waals surface area contributed by atoms with E-state index >= 15 is 0 Å². The molecule has 5 nitrogen and oxygen atoms in total. The normalized spacial score (nSPS) is 11.3. The molecule has 0 saturated heterocycles. The third-order valence-electron chi connectivity index (χ3n) is 3.16. The molecule has 0 saturated carbocycles. The molecule has 0 aliphatic heterocycles. The summed E-state index contributed by atoms with van der Waals surface area (Å²) < 4.78 is 6.92. The molecular formula is C15H18N2O3. The van der Waals surface area contributed by atoms with Crippen molar-refractivity contribution in [1.82, 2.24) is 9.78 Å². The fourth-order valence-corrected chi connectivity index (χ4v) is 1.81. The molecule has 1 aromatic carbocycles. The molecule has 0 unspecified atom stereocenters. The highest BCUT2D eigenvalue weighted by Gasteiger charge is 2.30. The number of aromatic nitrogens is 2. The Balaban J connectivity index is 2.33. The van der Waals surface area contributed by atoms with E-state index in [4.69, 9.17) is 4.74 Å². The van der Waals surface area contributed by atoms with Crippen LogP contribution in [0.5, 0.6) is 5.75 Å². The van der Waals surface area contributed by atoms with Gasteiger partial charge >= 0.3 is 5.97 Å². The smallest absolute Gasteiger partial charge is 0.331 e. The first-order valence-electron chi connectivity index (χ1n) is 6.47. The molecule has 0 aliphatic carbocycles. The van der Waals surface area contributed by atoms with Gasteiger partial charge in [0.2, 0.25) is 0 Å². The van der Waals surface area contributed by atoms with E-state index in [2.05, 4.69) is 5.10 Å². The molecule has 0 amide bonds. The van der Waals surface area contributed by atoms with E-state index < -0.39 is 11.5 Å². The molecule has 0 fully saturated rings. The Morgan fingerprint density at radius 1 is 1.40 bits per heavy atom. The predicted molar refractivity (Wildman–Crippen MR) is 75.8 cm³/mol. The summed E-state index contributed by atoms with van der Waals surface area (Å²) in [5.41, 5.74) is 0.736. The zero-order valence-electron chi connectivity index (χ0n) is 11.8. The summed E-state index contributed by atoms with van der Waals surface area (Å²) in [5.74, 6) is -0.134. The highest BCUT2D eigenvalue weighted by molar-refractivity contribution is 5.76. The second-order valence-corrected chi connectivity index (χ2v) is 5.00. The number of hydrogen-bond acceptors (Lipinski definition) is 3. The van der Waals surface area contributed by atoms with Gasteiger partial charge in [-0.1, -0.05) is 12.1 Å². The first kappa shape index (κ1) is 14.1. The van der Waals surface area contributed by atoms with Crippen LogP contribution in [0.15, 0.2) is 36.7 Å². The quantitative estimate of drug-likeness (QED) is 0.910. The van der Waals surface area contributed by atoms with Crippen molar-refractivity contribution in [1.29, 1.82) is 0 Å². The van der Waals surface area contributed by atoms with Crippen LogP contribution >= 0.6 is 0 Å². The Hall–Kier alpha value is -2.30. The molecule has 1 aromatic heterocycles. The summed E-state index contributed by atoms with van der Waals surface area (Å²) in [6, 6.07) is 7.65. The zero-order chi connectivity index (χ0) is 14.8. The largest absolute Gasteiger partial charge is 0.494 e. The Morgan fingerprint density at radius 2 is 2.15 bits per heavy atom. The topological polar surface area (TPSA) is 64.4 Å². The fourth-order valence-electron chi connectivity index (χ4n) is 1.81. The van der Waals surface area contributed by atoms with Gasteiger partial charge in [0, 0.05) is 11.8 Å². The number of nitrogens with zero attached hydrogens (tertiary/aromatic N) is 2. The van der Waals surface area contributed by atoms with Crippen molar-refractivity contribution in [2.24, 2.45) is 0 Å². The van der Waals surface area contributed by atoms with Gasteiger partial charge in [-0.05, 0) is 38.5 Å². The minimum Gasteiger partial charge on any atom is -0.494 e. The van der Waals surface area contributed by atoms with Crippen LogP contribution in [0.1, 0.15) is 20.8 Å². The Morgan fingerprint density at radius 3 is 2.80 bits per heavy atom. The van der Waals surface area contributed by atoms with Crippen LogP contribution in [-0.4, -0.2) is 27.5 Å². The number of carbonyl (C=O) groups is 1. The van der Waals surface area contributed by atoms with Crippen LogP contribution in [0.4, 0.5) is 0 Å². The lowest BCUT2D eigenvalue weighted by Gasteiger charge is -2.19. The fraction of sp³-hybridized carbons (Fsp3) is 0.333. The van der Waals surface area contributed by atoms with Crippen molar-refractivity contribution in [3.63, 3.8) is 0 Å². The van der Waals surface area contributed by atoms with Crippen molar-refractivity contribution >= 4 is 5.97 Å². The highest BCUT2D eigenvalue weighted by Crippen LogP contribution is 2.25. The molecule has 20 heavy (non-hydrogen) atoms. The molecular weight excluding hydrogens is 256 g/mol. The number of carboxylic acid groups (broad SMARTS) is 1. The lowest BCUT2D eigenvalue weighted by Crippen LogP contribution is -2.35. The number of hydrogen-bond donors (Lipinski definition) is 1. The average Bonchev–Trinajstić information content (AvgIpc) is 2.89. The van der Waals surface area contributed by atoms with Crippen LogP contribution in [0.3, 0.4) is 0 Å². The van der Waals surface area contributed by atoms with Crippen LogP contribution < -0.4 is 4.74 Å². The van der Waals surface area contributed by atoms with E-state index in [-0.39, 0.29) is 0 Å². The molecule has 1 N–H and O–H groups in total. The second kappa shape index (κ2) is 5.36. The number of carboxylic acids is 1. The molecule has 106 valence electrons. The van der Waals surface area contributed by atoms with Gasteiger partial charge in [0.1, 0.15) is 5.75 Å². The summed E-state index contributed by atoms with van der Waals surface area (Å²) in [4.78, 5) is 11.2. The van der Waals surface area contributed by atoms with E-state index in [1.165, 1.54) is 4.68 Å². The predicted octanol–water partition coefficient (Wildman–Crippen LogP) is 2.77. The van der Waals surface area contributed by atoms with Gasteiger partial charge in [0.05, 0.1) is 12.8 Å². The van der Waals surface area contributed by atoms with E-state index in [1.807, 2.05) is 31.2 Å². The maximum Gasteiger partial charge on any atom is 0.331 e. The number of ether oxygens (including phenoxy) is 1. The molecule has 2 rings (SSSR count). The van der Waals surface area contributed by atoms with Crippen LogP contribution in [0.25, 0.3) is 11.1 Å². The zero-order valence-corrected chi connectivity index (χ0v) is 11.8. The van der Waals surface area contributed by atoms with E-state index in [9.17, 15) is 9.90 Å². The average molecular weight is 274 g/mol. The first-order valence-corrected chi connectivity index (χ1v) is 6.47. The lowest BCUT2D eigenvalue weighted by molar-refractivity contribution is -0.146. The SMILES string of the molecule is CCOc1cccc(-c2cnn(C(C)(C)C(=O)O)c2)c1. The minimum absolute atomic E-state index is 0.606. The molecule has 0 aliphatic rings. The number of rotatable bonds is 5. The maximum absolute atomic E-state index is 11.2. The van der Waals surface area contributed by atoms with Crippen LogP contribution in [0, 0.1) is 0 Å².